The first kappa shape index (κ1) is 19.9. The molecule has 2 rings (SSSR count). The number of aliphatic hydroxyl groups is 1. The fraction of sp³-hybridized carbons (Fsp3) is 0.765. The van der Waals surface area contributed by atoms with Crippen molar-refractivity contribution in [3.8, 4) is 0 Å². The van der Waals surface area contributed by atoms with Crippen LogP contribution in [-0.2, 0) is 19.4 Å². The normalized spacial score (nSPS) is 29.0. The second-order valence-electron chi connectivity index (χ2n) is 7.39. The molecule has 0 aliphatic carbocycles. The maximum atomic E-state index is 12.5. The van der Waals surface area contributed by atoms with Gasteiger partial charge in [0, 0.05) is 32.0 Å². The predicted octanol–water partition coefficient (Wildman–Crippen LogP) is 0.246. The third-order valence-electron chi connectivity index (χ3n) is 4.71. The summed E-state index contributed by atoms with van der Waals surface area (Å²) in [6, 6.07) is -0.175. The molecule has 7 nitrogen and oxygen atoms in total. The van der Waals surface area contributed by atoms with Gasteiger partial charge in [-0.25, -0.2) is 8.42 Å². The molecule has 25 heavy (non-hydrogen) atoms. The van der Waals surface area contributed by atoms with E-state index in [0.29, 0.717) is 25.8 Å². The predicted molar refractivity (Wildman–Crippen MR) is 94.6 cm³/mol. The minimum absolute atomic E-state index is 0.0781. The average molecular weight is 372 g/mol. The van der Waals surface area contributed by atoms with Gasteiger partial charge in [-0.1, -0.05) is 12.2 Å². The van der Waals surface area contributed by atoms with Gasteiger partial charge in [-0.2, -0.15) is 0 Å². The van der Waals surface area contributed by atoms with E-state index in [0.717, 1.165) is 5.57 Å². The number of sulfone groups is 1. The number of carbonyl (C=O) groups excluding carboxylic acids is 2. The third-order valence-corrected chi connectivity index (χ3v) is 6.54. The summed E-state index contributed by atoms with van der Waals surface area (Å²) in [4.78, 5) is 25.9. The highest BCUT2D eigenvalue weighted by atomic mass is 32.2. The van der Waals surface area contributed by atoms with Crippen LogP contribution in [0.2, 0.25) is 0 Å². The average Bonchev–Trinajstić information content (AvgIpc) is 2.69. The van der Waals surface area contributed by atoms with E-state index in [2.05, 4.69) is 11.9 Å². The van der Waals surface area contributed by atoms with Gasteiger partial charge in [-0.3, -0.25) is 9.59 Å². The molecule has 2 fully saturated rings. The number of hydrogen-bond acceptors (Lipinski definition) is 5. The van der Waals surface area contributed by atoms with Crippen LogP contribution in [0, 0.1) is 5.92 Å². The largest absolute Gasteiger partial charge is 0.391 e. The number of rotatable bonds is 5. The number of aliphatic hydroxyl groups excluding tert-OH is 1. The summed E-state index contributed by atoms with van der Waals surface area (Å²) in [6.07, 6.45) is 1.28. The molecule has 2 saturated heterocycles. The van der Waals surface area contributed by atoms with Crippen LogP contribution in [0.4, 0.5) is 0 Å². The van der Waals surface area contributed by atoms with Crippen molar-refractivity contribution in [3.63, 3.8) is 0 Å². The van der Waals surface area contributed by atoms with Gasteiger partial charge < -0.3 is 15.3 Å². The minimum atomic E-state index is -3.00. The molecule has 1 unspecified atom stereocenters. The van der Waals surface area contributed by atoms with Gasteiger partial charge in [-0.15, -0.1) is 0 Å². The Hall–Kier alpha value is -1.41. The Balaban J connectivity index is 1.86. The summed E-state index contributed by atoms with van der Waals surface area (Å²) >= 11 is 0. The lowest BCUT2D eigenvalue weighted by Crippen LogP contribution is -2.37. The fourth-order valence-electron chi connectivity index (χ4n) is 3.50. The molecule has 0 spiro atoms. The van der Waals surface area contributed by atoms with Crippen LogP contribution in [0.5, 0.6) is 0 Å². The molecule has 2 amide bonds. The molecule has 2 heterocycles. The Labute approximate surface area is 149 Å². The van der Waals surface area contributed by atoms with Crippen molar-refractivity contribution in [3.05, 3.63) is 12.2 Å². The molecule has 8 heteroatoms. The molecule has 0 aromatic heterocycles. The molecule has 2 N–H and O–H groups in total. The van der Waals surface area contributed by atoms with Gasteiger partial charge >= 0.3 is 0 Å². The number of amides is 2. The molecule has 0 saturated carbocycles. The van der Waals surface area contributed by atoms with Crippen LogP contribution >= 0.6 is 0 Å². The molecule has 3 atom stereocenters. The highest BCUT2D eigenvalue weighted by Crippen LogP contribution is 2.23. The highest BCUT2D eigenvalue weighted by molar-refractivity contribution is 7.91. The van der Waals surface area contributed by atoms with Gasteiger partial charge in [0.15, 0.2) is 9.84 Å². The van der Waals surface area contributed by atoms with Gasteiger partial charge in [0.1, 0.15) is 0 Å². The molecule has 0 radical (unpaired) electrons. The molecule has 142 valence electrons. The van der Waals surface area contributed by atoms with E-state index < -0.39 is 15.9 Å². The van der Waals surface area contributed by atoms with E-state index in [1.165, 1.54) is 0 Å². The monoisotopic (exact) mass is 372 g/mol. The van der Waals surface area contributed by atoms with Crippen LogP contribution in [0.3, 0.4) is 0 Å². The Morgan fingerprint density at radius 2 is 2.04 bits per heavy atom. The van der Waals surface area contributed by atoms with Crippen LogP contribution in [0.15, 0.2) is 12.2 Å². The van der Waals surface area contributed by atoms with Crippen LogP contribution in [-0.4, -0.2) is 67.0 Å². The number of hydrogen-bond donors (Lipinski definition) is 2. The summed E-state index contributed by atoms with van der Waals surface area (Å²) < 4.78 is 23.0. The first-order valence-electron chi connectivity index (χ1n) is 8.74. The first-order chi connectivity index (χ1) is 11.6. The molecule has 0 bridgehead atoms. The van der Waals surface area contributed by atoms with Gasteiger partial charge in [0.2, 0.25) is 11.8 Å². The van der Waals surface area contributed by atoms with Crippen molar-refractivity contribution in [1.29, 1.82) is 0 Å². The van der Waals surface area contributed by atoms with Crippen molar-refractivity contribution in [2.45, 2.75) is 51.2 Å². The van der Waals surface area contributed by atoms with E-state index in [1.54, 1.807) is 11.8 Å². The number of nitrogens with zero attached hydrogens (tertiary/aromatic N) is 1. The minimum Gasteiger partial charge on any atom is -0.391 e. The SMILES string of the molecule is C=C(C)CC(=O)N[C@@H]1CCN(C(=O)CC2CCS(=O)(=O)C2)C[C@H](O)C1. The zero-order chi connectivity index (χ0) is 18.6. The molecule has 2 aliphatic heterocycles. The standard InChI is InChI=1S/C17H28N2O5S/c1-12(2)7-16(21)18-14-3-5-19(10-15(20)9-14)17(22)8-13-4-6-25(23,24)11-13/h13-15,20H,1,3-11H2,2H3,(H,18,21)/t13?,14-,15-/m1/s1. The smallest absolute Gasteiger partial charge is 0.224 e. The third kappa shape index (κ3) is 6.43. The zero-order valence-corrected chi connectivity index (χ0v) is 15.6. The summed E-state index contributed by atoms with van der Waals surface area (Å²) in [5, 5.41) is 13.0. The Morgan fingerprint density at radius 1 is 1.32 bits per heavy atom. The number of carbonyl (C=O) groups is 2. The summed E-state index contributed by atoms with van der Waals surface area (Å²) in [5.41, 5.74) is 0.773. The van der Waals surface area contributed by atoms with Gasteiger partial charge in [0.25, 0.3) is 0 Å². The van der Waals surface area contributed by atoms with Crippen molar-refractivity contribution < 1.29 is 23.1 Å². The molecule has 0 aromatic rings. The lowest BCUT2D eigenvalue weighted by Gasteiger charge is -2.23. The van der Waals surface area contributed by atoms with Gasteiger partial charge in [0.05, 0.1) is 17.6 Å². The van der Waals surface area contributed by atoms with E-state index >= 15 is 0 Å². The lowest BCUT2D eigenvalue weighted by molar-refractivity contribution is -0.133. The van der Waals surface area contributed by atoms with Crippen molar-refractivity contribution in [1.82, 2.24) is 10.2 Å². The fourth-order valence-corrected chi connectivity index (χ4v) is 5.36. The van der Waals surface area contributed by atoms with Crippen molar-refractivity contribution in [2.75, 3.05) is 24.6 Å². The zero-order valence-electron chi connectivity index (χ0n) is 14.7. The van der Waals surface area contributed by atoms with E-state index in [9.17, 15) is 23.1 Å². The topological polar surface area (TPSA) is 104 Å². The maximum absolute atomic E-state index is 12.5. The van der Waals surface area contributed by atoms with Crippen LogP contribution < -0.4 is 5.32 Å². The Morgan fingerprint density at radius 3 is 2.64 bits per heavy atom. The first-order valence-corrected chi connectivity index (χ1v) is 10.6. The van der Waals surface area contributed by atoms with Crippen LogP contribution in [0.25, 0.3) is 0 Å². The summed E-state index contributed by atoms with van der Waals surface area (Å²) in [6.45, 7) is 6.17. The quantitative estimate of drug-likeness (QED) is 0.673. The molecular formula is C17H28N2O5S. The number of β-amino-alcohol motifs (C(OH)–C–C–N with tert-alkyl or cyclic N) is 1. The number of nitrogens with one attached hydrogen (secondary N) is 1. The van der Waals surface area contributed by atoms with Crippen LogP contribution in [0.1, 0.15) is 39.0 Å². The van der Waals surface area contributed by atoms with Crippen molar-refractivity contribution in [2.24, 2.45) is 5.92 Å². The lowest BCUT2D eigenvalue weighted by atomic mass is 10.0. The second kappa shape index (κ2) is 8.31. The molecule has 2 aliphatic rings. The molecule has 0 aromatic carbocycles. The van der Waals surface area contributed by atoms with E-state index in [-0.39, 0.29) is 54.7 Å². The van der Waals surface area contributed by atoms with Crippen molar-refractivity contribution >= 4 is 21.7 Å². The second-order valence-corrected chi connectivity index (χ2v) is 9.62. The number of likely N-dealkylation sites (tertiary alicyclic amines) is 1. The maximum Gasteiger partial charge on any atom is 0.224 e. The molecular weight excluding hydrogens is 344 g/mol. The van der Waals surface area contributed by atoms with E-state index in [4.69, 9.17) is 0 Å². The summed E-state index contributed by atoms with van der Waals surface area (Å²) in [5.74, 6) is -0.126. The van der Waals surface area contributed by atoms with E-state index in [1.807, 2.05) is 0 Å². The summed E-state index contributed by atoms with van der Waals surface area (Å²) in [7, 11) is -3.00. The Bertz CT molecular complexity index is 631. The highest BCUT2D eigenvalue weighted by Gasteiger charge is 2.32. The Kier molecular flexibility index (Phi) is 6.62. The van der Waals surface area contributed by atoms with Gasteiger partial charge in [-0.05, 0) is 32.1 Å².